The van der Waals surface area contributed by atoms with Crippen molar-refractivity contribution in [3.63, 3.8) is 0 Å². The molecule has 0 fully saturated rings. The quantitative estimate of drug-likeness (QED) is 0.682. The summed E-state index contributed by atoms with van der Waals surface area (Å²) >= 11 is 0. The van der Waals surface area contributed by atoms with Crippen LogP contribution in [0.4, 0.5) is 11.4 Å². The highest BCUT2D eigenvalue weighted by molar-refractivity contribution is 5.97. The molecule has 1 aromatic rings. The number of amides is 1. The first-order valence-electron chi connectivity index (χ1n) is 4.41. The van der Waals surface area contributed by atoms with Gasteiger partial charge in [0.15, 0.2) is 0 Å². The van der Waals surface area contributed by atoms with Gasteiger partial charge in [0.05, 0.1) is 11.4 Å². The molecule has 2 N–H and O–H groups in total. The maximum Gasteiger partial charge on any atom is 0.224 e. The van der Waals surface area contributed by atoms with E-state index in [2.05, 4.69) is 16.7 Å². The maximum atomic E-state index is 11.2. The van der Waals surface area contributed by atoms with Gasteiger partial charge in [-0.3, -0.25) is 4.79 Å². The summed E-state index contributed by atoms with van der Waals surface area (Å²) in [4.78, 5) is 11.2. The molecule has 0 atom stereocenters. The smallest absolute Gasteiger partial charge is 0.224 e. The summed E-state index contributed by atoms with van der Waals surface area (Å²) in [7, 11) is 1.86. The number of benzene rings is 1. The lowest BCUT2D eigenvalue weighted by atomic mass is 10.0. The minimum absolute atomic E-state index is 0.107. The third kappa shape index (κ3) is 1.37. The molecule has 1 aliphatic heterocycles. The standard InChI is InChI=1S/C10H12N2O/c1-11-8-4-2-3-7-5-6-9(13)12-10(7)8/h2-4,11H,5-6H2,1H3,(H,12,13). The lowest BCUT2D eigenvalue weighted by molar-refractivity contribution is -0.116. The Hall–Kier alpha value is -1.51. The number of aryl methyl sites for hydroxylation is 1. The summed E-state index contributed by atoms with van der Waals surface area (Å²) in [5.41, 5.74) is 3.15. The van der Waals surface area contributed by atoms with E-state index >= 15 is 0 Å². The molecule has 3 nitrogen and oxygen atoms in total. The van der Waals surface area contributed by atoms with E-state index in [0.29, 0.717) is 6.42 Å². The predicted molar refractivity (Wildman–Crippen MR) is 52.9 cm³/mol. The average molecular weight is 176 g/mol. The second kappa shape index (κ2) is 3.09. The third-order valence-electron chi connectivity index (χ3n) is 2.31. The molecule has 1 amide bonds. The number of carbonyl (C=O) groups is 1. The van der Waals surface area contributed by atoms with Gasteiger partial charge >= 0.3 is 0 Å². The number of fused-ring (bicyclic) bond motifs is 1. The highest BCUT2D eigenvalue weighted by Crippen LogP contribution is 2.29. The Morgan fingerprint density at radius 1 is 1.38 bits per heavy atom. The van der Waals surface area contributed by atoms with Crippen LogP contribution in [0.1, 0.15) is 12.0 Å². The van der Waals surface area contributed by atoms with Gasteiger partial charge < -0.3 is 10.6 Å². The molecule has 0 saturated heterocycles. The Kier molecular flexibility index (Phi) is 1.93. The fourth-order valence-electron chi connectivity index (χ4n) is 1.61. The number of nitrogens with one attached hydrogen (secondary N) is 2. The van der Waals surface area contributed by atoms with Crippen LogP contribution in [0.3, 0.4) is 0 Å². The Morgan fingerprint density at radius 3 is 3.00 bits per heavy atom. The summed E-state index contributed by atoms with van der Waals surface area (Å²) in [6.07, 6.45) is 1.44. The van der Waals surface area contributed by atoms with E-state index in [9.17, 15) is 4.79 Å². The van der Waals surface area contributed by atoms with Gasteiger partial charge in [0.25, 0.3) is 0 Å². The SMILES string of the molecule is CNc1cccc2c1NC(=O)CC2. The molecule has 0 aliphatic carbocycles. The van der Waals surface area contributed by atoms with Crippen molar-refractivity contribution in [2.24, 2.45) is 0 Å². The van der Waals surface area contributed by atoms with Gasteiger partial charge in [0, 0.05) is 13.5 Å². The van der Waals surface area contributed by atoms with Crippen LogP contribution >= 0.6 is 0 Å². The number of rotatable bonds is 1. The first-order valence-corrected chi connectivity index (χ1v) is 4.41. The van der Waals surface area contributed by atoms with Gasteiger partial charge in [0.1, 0.15) is 0 Å². The van der Waals surface area contributed by atoms with Crippen LogP contribution in [-0.4, -0.2) is 13.0 Å². The molecule has 0 unspecified atom stereocenters. The molecule has 0 bridgehead atoms. The summed E-state index contributed by atoms with van der Waals surface area (Å²) in [5, 5.41) is 5.94. The number of anilines is 2. The van der Waals surface area contributed by atoms with Gasteiger partial charge in [-0.1, -0.05) is 12.1 Å². The van der Waals surface area contributed by atoms with Crippen LogP contribution in [0, 0.1) is 0 Å². The van der Waals surface area contributed by atoms with Gasteiger partial charge in [-0.15, -0.1) is 0 Å². The second-order valence-corrected chi connectivity index (χ2v) is 3.14. The summed E-state index contributed by atoms with van der Waals surface area (Å²) in [6.45, 7) is 0. The normalized spacial score (nSPS) is 14.7. The topological polar surface area (TPSA) is 41.1 Å². The third-order valence-corrected chi connectivity index (χ3v) is 2.31. The minimum Gasteiger partial charge on any atom is -0.386 e. The summed E-state index contributed by atoms with van der Waals surface area (Å²) in [6, 6.07) is 6.02. The van der Waals surface area contributed by atoms with Crippen LogP contribution in [-0.2, 0) is 11.2 Å². The van der Waals surface area contributed by atoms with Crippen LogP contribution in [0.2, 0.25) is 0 Å². The lowest BCUT2D eigenvalue weighted by Crippen LogP contribution is -2.19. The predicted octanol–water partition coefficient (Wildman–Crippen LogP) is 1.61. The summed E-state index contributed by atoms with van der Waals surface area (Å²) in [5.74, 6) is 0.107. The van der Waals surface area contributed by atoms with Crippen LogP contribution in [0.15, 0.2) is 18.2 Å². The zero-order valence-corrected chi connectivity index (χ0v) is 7.55. The first-order chi connectivity index (χ1) is 6.31. The van der Waals surface area contributed by atoms with Crippen molar-refractivity contribution >= 4 is 17.3 Å². The Labute approximate surface area is 77.1 Å². The lowest BCUT2D eigenvalue weighted by Gasteiger charge is -2.19. The zero-order chi connectivity index (χ0) is 9.26. The first kappa shape index (κ1) is 8.10. The number of carbonyl (C=O) groups excluding carboxylic acids is 1. The molecule has 1 heterocycles. The monoisotopic (exact) mass is 176 g/mol. The van der Waals surface area contributed by atoms with Crippen LogP contribution in [0.5, 0.6) is 0 Å². The van der Waals surface area contributed by atoms with Crippen LogP contribution < -0.4 is 10.6 Å². The van der Waals surface area contributed by atoms with Gasteiger partial charge in [-0.05, 0) is 18.1 Å². The van der Waals surface area contributed by atoms with E-state index in [1.54, 1.807) is 0 Å². The fourth-order valence-corrected chi connectivity index (χ4v) is 1.61. The van der Waals surface area contributed by atoms with Crippen molar-refractivity contribution in [2.75, 3.05) is 17.7 Å². The fraction of sp³-hybridized carbons (Fsp3) is 0.300. The highest BCUT2D eigenvalue weighted by atomic mass is 16.1. The van der Waals surface area contributed by atoms with Gasteiger partial charge in [0.2, 0.25) is 5.91 Å². The Bertz CT molecular complexity index is 333. The average Bonchev–Trinajstić information content (AvgIpc) is 2.17. The molecule has 0 radical (unpaired) electrons. The summed E-state index contributed by atoms with van der Waals surface area (Å²) < 4.78 is 0. The molecule has 0 aromatic heterocycles. The Balaban J connectivity index is 2.46. The van der Waals surface area contributed by atoms with E-state index in [0.717, 1.165) is 17.8 Å². The minimum atomic E-state index is 0.107. The van der Waals surface area contributed by atoms with E-state index < -0.39 is 0 Å². The molecule has 0 saturated carbocycles. The molecule has 13 heavy (non-hydrogen) atoms. The number of hydrogen-bond acceptors (Lipinski definition) is 2. The van der Waals surface area contributed by atoms with Gasteiger partial charge in [-0.2, -0.15) is 0 Å². The van der Waals surface area contributed by atoms with E-state index in [1.165, 1.54) is 5.56 Å². The molecule has 0 spiro atoms. The van der Waals surface area contributed by atoms with E-state index in [4.69, 9.17) is 0 Å². The van der Waals surface area contributed by atoms with Crippen LogP contribution in [0.25, 0.3) is 0 Å². The van der Waals surface area contributed by atoms with E-state index in [1.807, 2.05) is 19.2 Å². The number of para-hydroxylation sites is 1. The maximum absolute atomic E-state index is 11.2. The van der Waals surface area contributed by atoms with Crippen molar-refractivity contribution in [1.82, 2.24) is 0 Å². The molecule has 1 aromatic carbocycles. The van der Waals surface area contributed by atoms with Crippen molar-refractivity contribution in [2.45, 2.75) is 12.8 Å². The number of hydrogen-bond donors (Lipinski definition) is 2. The van der Waals surface area contributed by atoms with Crippen molar-refractivity contribution in [3.8, 4) is 0 Å². The van der Waals surface area contributed by atoms with Crippen molar-refractivity contribution in [3.05, 3.63) is 23.8 Å². The van der Waals surface area contributed by atoms with Crippen molar-refractivity contribution < 1.29 is 4.79 Å². The van der Waals surface area contributed by atoms with E-state index in [-0.39, 0.29) is 5.91 Å². The highest BCUT2D eigenvalue weighted by Gasteiger charge is 2.16. The van der Waals surface area contributed by atoms with Gasteiger partial charge in [-0.25, -0.2) is 0 Å². The second-order valence-electron chi connectivity index (χ2n) is 3.14. The molecule has 2 rings (SSSR count). The molecular formula is C10H12N2O. The largest absolute Gasteiger partial charge is 0.386 e. The van der Waals surface area contributed by atoms with Crippen molar-refractivity contribution in [1.29, 1.82) is 0 Å². The molecular weight excluding hydrogens is 164 g/mol. The molecule has 3 heteroatoms. The Morgan fingerprint density at radius 2 is 2.23 bits per heavy atom. The molecule has 1 aliphatic rings. The molecule has 68 valence electrons. The zero-order valence-electron chi connectivity index (χ0n) is 7.55.